The Morgan fingerprint density at radius 1 is 1.61 bits per heavy atom. The van der Waals surface area contributed by atoms with Crippen molar-refractivity contribution in [3.8, 4) is 12.3 Å². The lowest BCUT2D eigenvalue weighted by molar-refractivity contribution is 0.237. The number of carbonyl (C=O) groups is 1. The largest absolute Gasteiger partial charge is 0.338 e. The van der Waals surface area contributed by atoms with Crippen LogP contribution in [0.1, 0.15) is 19.5 Å². The van der Waals surface area contributed by atoms with Crippen LogP contribution in [-0.4, -0.2) is 28.4 Å². The first-order valence-corrected chi connectivity index (χ1v) is 6.02. The second-order valence-electron chi connectivity index (χ2n) is 4.48. The number of carbonyl (C=O) groups excluding carboxylic acids is 1. The molecule has 0 aromatic carbocycles. The highest BCUT2D eigenvalue weighted by Gasteiger charge is 2.12. The molecule has 0 radical (unpaired) electrons. The Morgan fingerprint density at radius 2 is 2.33 bits per heavy atom. The molecular formula is C13H20N4O. The summed E-state index contributed by atoms with van der Waals surface area (Å²) in [4.78, 5) is 11.6. The van der Waals surface area contributed by atoms with E-state index in [1.807, 2.05) is 27.0 Å². The van der Waals surface area contributed by atoms with Gasteiger partial charge < -0.3 is 10.6 Å². The molecular weight excluding hydrogens is 228 g/mol. The van der Waals surface area contributed by atoms with Gasteiger partial charge in [-0.05, 0) is 12.0 Å². The van der Waals surface area contributed by atoms with Crippen LogP contribution in [0.4, 0.5) is 4.79 Å². The van der Waals surface area contributed by atoms with Gasteiger partial charge in [0.25, 0.3) is 0 Å². The molecule has 5 heteroatoms. The first kappa shape index (κ1) is 14.1. The summed E-state index contributed by atoms with van der Waals surface area (Å²) >= 11 is 0. The van der Waals surface area contributed by atoms with Gasteiger partial charge in [-0.3, -0.25) is 4.68 Å². The van der Waals surface area contributed by atoms with E-state index in [-0.39, 0.29) is 18.0 Å². The average Bonchev–Trinajstić information content (AvgIpc) is 2.71. The van der Waals surface area contributed by atoms with Gasteiger partial charge in [-0.25, -0.2) is 4.79 Å². The van der Waals surface area contributed by atoms with Crippen molar-refractivity contribution in [2.45, 2.75) is 26.3 Å². The molecule has 5 nitrogen and oxygen atoms in total. The lowest BCUT2D eigenvalue weighted by Gasteiger charge is -2.16. The van der Waals surface area contributed by atoms with E-state index >= 15 is 0 Å². The summed E-state index contributed by atoms with van der Waals surface area (Å²) in [6.45, 7) is 4.50. The maximum absolute atomic E-state index is 11.6. The Labute approximate surface area is 108 Å². The van der Waals surface area contributed by atoms with E-state index in [0.717, 1.165) is 12.1 Å². The topological polar surface area (TPSA) is 59.0 Å². The zero-order valence-electron chi connectivity index (χ0n) is 11.1. The van der Waals surface area contributed by atoms with Crippen molar-refractivity contribution in [3.05, 3.63) is 18.0 Å². The second-order valence-corrected chi connectivity index (χ2v) is 4.48. The Balaban J connectivity index is 2.30. The third-order valence-electron chi connectivity index (χ3n) is 2.72. The smallest absolute Gasteiger partial charge is 0.315 e. The molecule has 0 bridgehead atoms. The third kappa shape index (κ3) is 4.13. The van der Waals surface area contributed by atoms with Crippen molar-refractivity contribution in [2.75, 3.05) is 6.54 Å². The van der Waals surface area contributed by atoms with Crippen LogP contribution in [0.2, 0.25) is 0 Å². The fourth-order valence-electron chi connectivity index (χ4n) is 1.54. The Morgan fingerprint density at radius 3 is 2.83 bits per heavy atom. The molecule has 0 spiro atoms. The van der Waals surface area contributed by atoms with E-state index in [1.54, 1.807) is 10.9 Å². The van der Waals surface area contributed by atoms with Crippen molar-refractivity contribution in [1.29, 1.82) is 0 Å². The van der Waals surface area contributed by atoms with Crippen LogP contribution < -0.4 is 10.6 Å². The van der Waals surface area contributed by atoms with E-state index in [2.05, 4.69) is 21.7 Å². The zero-order valence-corrected chi connectivity index (χ0v) is 11.1. The van der Waals surface area contributed by atoms with Crippen LogP contribution in [0, 0.1) is 18.3 Å². The Kier molecular flexibility index (Phi) is 5.25. The summed E-state index contributed by atoms with van der Waals surface area (Å²) in [6, 6.07) is 1.47. The van der Waals surface area contributed by atoms with E-state index in [9.17, 15) is 4.79 Å². The molecule has 1 heterocycles. The van der Waals surface area contributed by atoms with Crippen LogP contribution in [0.5, 0.6) is 0 Å². The first-order valence-electron chi connectivity index (χ1n) is 6.02. The first-order chi connectivity index (χ1) is 8.54. The van der Waals surface area contributed by atoms with Gasteiger partial charge in [0.15, 0.2) is 0 Å². The number of hydrogen-bond donors (Lipinski definition) is 2. The molecule has 0 aliphatic heterocycles. The van der Waals surface area contributed by atoms with Gasteiger partial charge in [0.05, 0.1) is 6.04 Å². The second kappa shape index (κ2) is 6.70. The summed E-state index contributed by atoms with van der Waals surface area (Å²) in [5.74, 6) is 2.78. The van der Waals surface area contributed by atoms with Crippen molar-refractivity contribution in [1.82, 2.24) is 20.4 Å². The van der Waals surface area contributed by atoms with E-state index in [0.29, 0.717) is 6.54 Å². The monoisotopic (exact) mass is 248 g/mol. The summed E-state index contributed by atoms with van der Waals surface area (Å²) in [6.07, 6.45) is 7.82. The van der Waals surface area contributed by atoms with Crippen molar-refractivity contribution in [3.63, 3.8) is 0 Å². The predicted octanol–water partition coefficient (Wildman–Crippen LogP) is 0.920. The summed E-state index contributed by atoms with van der Waals surface area (Å²) in [5.41, 5.74) is 1.08. The lowest BCUT2D eigenvalue weighted by atomic mass is 10.1. The van der Waals surface area contributed by atoms with Gasteiger partial charge in [0.2, 0.25) is 0 Å². The van der Waals surface area contributed by atoms with E-state index in [4.69, 9.17) is 6.42 Å². The van der Waals surface area contributed by atoms with Crippen LogP contribution in [0.25, 0.3) is 0 Å². The number of nitrogens with zero attached hydrogens (tertiary/aromatic N) is 2. The molecule has 0 fully saturated rings. The van der Waals surface area contributed by atoms with Crippen LogP contribution in [-0.2, 0) is 13.5 Å². The average molecular weight is 248 g/mol. The van der Waals surface area contributed by atoms with Gasteiger partial charge in [-0.15, -0.1) is 6.42 Å². The van der Waals surface area contributed by atoms with E-state index in [1.165, 1.54) is 0 Å². The Bertz CT molecular complexity index is 430. The molecule has 1 aromatic rings. The number of nitrogens with one attached hydrogen (secondary N) is 2. The van der Waals surface area contributed by atoms with Crippen LogP contribution >= 0.6 is 0 Å². The summed E-state index contributed by atoms with van der Waals surface area (Å²) in [7, 11) is 1.88. The van der Waals surface area contributed by atoms with Gasteiger partial charge in [0.1, 0.15) is 0 Å². The fraction of sp³-hybridized carbons (Fsp3) is 0.538. The molecule has 0 saturated heterocycles. The molecule has 1 atom stereocenters. The molecule has 0 aliphatic rings. The van der Waals surface area contributed by atoms with E-state index < -0.39 is 0 Å². The lowest BCUT2D eigenvalue weighted by Crippen LogP contribution is -2.44. The number of aromatic nitrogens is 2. The standard InChI is InChI=1S/C13H20N4O/c1-5-12(10(2)3)16-13(18)14-8-6-11-7-9-15-17(11)4/h1,7,9-10,12H,6,8H2,2-4H3,(H2,14,16,18)/t12-/m0/s1. The zero-order chi connectivity index (χ0) is 13.5. The molecule has 0 saturated carbocycles. The maximum atomic E-state index is 11.6. The number of amides is 2. The molecule has 1 rings (SSSR count). The summed E-state index contributed by atoms with van der Waals surface area (Å²) in [5, 5.41) is 9.59. The van der Waals surface area contributed by atoms with Gasteiger partial charge >= 0.3 is 6.03 Å². The normalized spacial score (nSPS) is 11.9. The molecule has 1 aromatic heterocycles. The molecule has 18 heavy (non-hydrogen) atoms. The number of terminal acetylenes is 1. The van der Waals surface area contributed by atoms with Crippen molar-refractivity contribution < 1.29 is 4.79 Å². The number of rotatable bonds is 5. The quantitative estimate of drug-likeness (QED) is 0.761. The minimum absolute atomic E-state index is 0.220. The third-order valence-corrected chi connectivity index (χ3v) is 2.72. The molecule has 0 unspecified atom stereocenters. The van der Waals surface area contributed by atoms with Gasteiger partial charge in [-0.1, -0.05) is 19.8 Å². The SMILES string of the molecule is C#C[C@H](NC(=O)NCCc1ccnn1C)C(C)C. The van der Waals surface area contributed by atoms with Gasteiger partial charge in [-0.2, -0.15) is 5.10 Å². The van der Waals surface area contributed by atoms with Crippen molar-refractivity contribution in [2.24, 2.45) is 13.0 Å². The number of hydrogen-bond acceptors (Lipinski definition) is 2. The highest BCUT2D eigenvalue weighted by atomic mass is 16.2. The molecule has 2 N–H and O–H groups in total. The highest BCUT2D eigenvalue weighted by molar-refractivity contribution is 5.74. The molecule has 0 aliphatic carbocycles. The maximum Gasteiger partial charge on any atom is 0.315 e. The predicted molar refractivity (Wildman–Crippen MR) is 70.9 cm³/mol. The molecule has 2 amide bonds. The van der Waals surface area contributed by atoms with Crippen molar-refractivity contribution >= 4 is 6.03 Å². The summed E-state index contributed by atoms with van der Waals surface area (Å²) < 4.78 is 1.79. The van der Waals surface area contributed by atoms with Gasteiger partial charge in [0, 0.05) is 31.9 Å². The highest BCUT2D eigenvalue weighted by Crippen LogP contribution is 1.99. The number of urea groups is 1. The van der Waals surface area contributed by atoms with Crippen LogP contribution in [0.3, 0.4) is 0 Å². The number of aryl methyl sites for hydroxylation is 1. The van der Waals surface area contributed by atoms with Crippen LogP contribution in [0.15, 0.2) is 12.3 Å². The Hall–Kier alpha value is -1.96. The minimum atomic E-state index is -0.235. The molecule has 98 valence electrons. The minimum Gasteiger partial charge on any atom is -0.338 e. The fourth-order valence-corrected chi connectivity index (χ4v) is 1.54.